The molecule has 10 heteroatoms. The van der Waals surface area contributed by atoms with Crippen LogP contribution in [0.3, 0.4) is 0 Å². The fraction of sp³-hybridized carbons (Fsp3) is 0.188. The van der Waals surface area contributed by atoms with Crippen molar-refractivity contribution in [3.63, 3.8) is 0 Å². The summed E-state index contributed by atoms with van der Waals surface area (Å²) in [5, 5.41) is 9.37. The van der Waals surface area contributed by atoms with Crippen LogP contribution in [0.2, 0.25) is 0 Å². The lowest BCUT2D eigenvalue weighted by Gasteiger charge is -2.09. The normalized spacial score (nSPS) is 11.7. The highest BCUT2D eigenvalue weighted by Crippen LogP contribution is 2.27. The Hall–Kier alpha value is -2.88. The first kappa shape index (κ1) is 17.9. The Morgan fingerprint density at radius 3 is 2.54 bits per heavy atom. The monoisotopic (exact) mass is 384 g/mol. The van der Waals surface area contributed by atoms with E-state index in [-0.39, 0.29) is 28.3 Å². The first-order valence-corrected chi connectivity index (χ1v) is 8.06. The summed E-state index contributed by atoms with van der Waals surface area (Å²) < 4.78 is 40.3. The highest BCUT2D eigenvalue weighted by molar-refractivity contribution is 7.20. The van der Waals surface area contributed by atoms with Gasteiger partial charge in [-0.05, 0) is 30.2 Å². The molecule has 0 spiro atoms. The third kappa shape index (κ3) is 3.69. The summed E-state index contributed by atoms with van der Waals surface area (Å²) in [5.74, 6) is -1.20. The number of carbonyl (C=O) groups is 1. The van der Waals surface area contributed by atoms with Crippen molar-refractivity contribution in [3.8, 4) is 5.75 Å². The number of hydrogen-bond acceptors (Lipinski definition) is 5. The van der Waals surface area contributed by atoms with Crippen molar-refractivity contribution in [3.05, 3.63) is 56.4 Å². The summed E-state index contributed by atoms with van der Waals surface area (Å²) in [4.78, 5) is 30.6. The zero-order chi connectivity index (χ0) is 19.1. The number of aromatic carboxylic acids is 1. The molecule has 26 heavy (non-hydrogen) atoms. The number of benzene rings is 1. The van der Waals surface area contributed by atoms with E-state index in [0.717, 1.165) is 23.5 Å². The van der Waals surface area contributed by atoms with Gasteiger partial charge in [-0.2, -0.15) is 0 Å². The van der Waals surface area contributed by atoms with Gasteiger partial charge in [-0.15, -0.1) is 24.5 Å². The number of carboxylic acids is 1. The molecule has 2 heterocycles. The number of hydrogen-bond donors (Lipinski definition) is 2. The molecule has 1 aromatic carbocycles. The Bertz CT molecular complexity index is 1040. The van der Waals surface area contributed by atoms with Crippen LogP contribution in [0.25, 0.3) is 10.2 Å². The number of aromatic amines is 1. The molecule has 0 radical (unpaired) electrons. The zero-order valence-corrected chi connectivity index (χ0v) is 14.0. The van der Waals surface area contributed by atoms with Crippen LogP contribution in [0, 0.1) is 6.92 Å². The van der Waals surface area contributed by atoms with Crippen LogP contribution in [0.1, 0.15) is 26.6 Å². The number of nitrogens with one attached hydrogen (secondary N) is 1. The molecule has 0 fully saturated rings. The molecule has 0 amide bonds. The Morgan fingerprint density at radius 2 is 1.96 bits per heavy atom. The average Bonchev–Trinajstić information content (AvgIpc) is 2.85. The van der Waals surface area contributed by atoms with Gasteiger partial charge >= 0.3 is 12.3 Å². The summed E-state index contributed by atoms with van der Waals surface area (Å²) in [6, 6.07) is 5.18. The van der Waals surface area contributed by atoms with Gasteiger partial charge in [0.05, 0.1) is 5.39 Å². The van der Waals surface area contributed by atoms with Crippen LogP contribution >= 0.6 is 11.3 Å². The summed E-state index contributed by atoms with van der Waals surface area (Å²) in [6.07, 6.45) is -4.60. The van der Waals surface area contributed by atoms with E-state index in [1.165, 1.54) is 19.1 Å². The minimum Gasteiger partial charge on any atom is -0.477 e. The molecular formula is C16H11F3N2O4S. The van der Waals surface area contributed by atoms with E-state index in [1.807, 2.05) is 0 Å². The minimum atomic E-state index is -4.77. The molecule has 2 aromatic heterocycles. The molecule has 3 aromatic rings. The maximum absolute atomic E-state index is 12.2. The quantitative estimate of drug-likeness (QED) is 0.719. The predicted octanol–water partition coefficient (Wildman–Crippen LogP) is 3.48. The lowest BCUT2D eigenvalue weighted by Crippen LogP contribution is -2.17. The molecular weight excluding hydrogens is 373 g/mol. The molecule has 0 bridgehead atoms. The van der Waals surface area contributed by atoms with Gasteiger partial charge < -0.3 is 14.8 Å². The first-order valence-electron chi connectivity index (χ1n) is 7.24. The third-order valence-corrected chi connectivity index (χ3v) is 4.75. The SMILES string of the molecule is Cc1c(C(=O)O)sc2nc(Cc3ccc(OC(F)(F)F)cc3)[nH]c(=O)c12. The maximum atomic E-state index is 12.2. The average molecular weight is 384 g/mol. The highest BCUT2D eigenvalue weighted by atomic mass is 32.1. The second kappa shape index (κ2) is 6.45. The summed E-state index contributed by atoms with van der Waals surface area (Å²) >= 11 is 0.904. The summed E-state index contributed by atoms with van der Waals surface area (Å²) in [5.41, 5.74) is 0.503. The van der Waals surface area contributed by atoms with Crippen LogP contribution in [0.4, 0.5) is 13.2 Å². The number of carboxylic acid groups (broad SMARTS) is 1. The number of nitrogens with zero attached hydrogens (tertiary/aromatic N) is 1. The Labute approximate surface area is 147 Å². The van der Waals surface area contributed by atoms with E-state index in [4.69, 9.17) is 5.11 Å². The molecule has 0 aliphatic carbocycles. The number of ether oxygens (including phenoxy) is 1. The lowest BCUT2D eigenvalue weighted by atomic mass is 10.1. The van der Waals surface area contributed by atoms with Gasteiger partial charge in [0.25, 0.3) is 5.56 Å². The molecule has 2 N–H and O–H groups in total. The molecule has 0 unspecified atom stereocenters. The largest absolute Gasteiger partial charge is 0.573 e. The number of rotatable bonds is 4. The summed E-state index contributed by atoms with van der Waals surface area (Å²) in [7, 11) is 0. The number of alkyl halides is 3. The van der Waals surface area contributed by atoms with Crippen molar-refractivity contribution in [2.45, 2.75) is 19.7 Å². The van der Waals surface area contributed by atoms with Crippen LogP contribution in [-0.4, -0.2) is 27.4 Å². The number of H-pyrrole nitrogens is 1. The van der Waals surface area contributed by atoms with Gasteiger partial charge in [-0.25, -0.2) is 9.78 Å². The Balaban J connectivity index is 1.89. The van der Waals surface area contributed by atoms with Crippen molar-refractivity contribution >= 4 is 27.5 Å². The van der Waals surface area contributed by atoms with E-state index in [0.29, 0.717) is 16.0 Å². The molecule has 0 saturated heterocycles. The number of fused-ring (bicyclic) bond motifs is 1. The van der Waals surface area contributed by atoms with Crippen molar-refractivity contribution < 1.29 is 27.8 Å². The minimum absolute atomic E-state index is 0.0452. The molecule has 0 aliphatic rings. The van der Waals surface area contributed by atoms with Gasteiger partial charge in [0.1, 0.15) is 21.3 Å². The summed E-state index contributed by atoms with van der Waals surface area (Å²) in [6.45, 7) is 1.54. The van der Waals surface area contributed by atoms with Crippen LogP contribution in [0.15, 0.2) is 29.1 Å². The van der Waals surface area contributed by atoms with Gasteiger partial charge in [-0.1, -0.05) is 12.1 Å². The molecule has 136 valence electrons. The van der Waals surface area contributed by atoms with Crippen LogP contribution < -0.4 is 10.3 Å². The van der Waals surface area contributed by atoms with Crippen molar-refractivity contribution in [1.29, 1.82) is 0 Å². The molecule has 3 rings (SSSR count). The molecule has 0 aliphatic heterocycles. The van der Waals surface area contributed by atoms with E-state index in [9.17, 15) is 22.8 Å². The molecule has 0 saturated carbocycles. The predicted molar refractivity (Wildman–Crippen MR) is 87.9 cm³/mol. The van der Waals surface area contributed by atoms with E-state index in [1.54, 1.807) is 0 Å². The van der Waals surface area contributed by atoms with Crippen molar-refractivity contribution in [1.82, 2.24) is 9.97 Å². The Morgan fingerprint density at radius 1 is 1.31 bits per heavy atom. The van der Waals surface area contributed by atoms with Gasteiger partial charge in [0, 0.05) is 6.42 Å². The third-order valence-electron chi connectivity index (χ3n) is 3.57. The number of aryl methyl sites for hydroxylation is 1. The van der Waals surface area contributed by atoms with Crippen molar-refractivity contribution in [2.24, 2.45) is 0 Å². The topological polar surface area (TPSA) is 92.3 Å². The van der Waals surface area contributed by atoms with Crippen molar-refractivity contribution in [2.75, 3.05) is 0 Å². The second-order valence-corrected chi connectivity index (χ2v) is 6.42. The van der Waals surface area contributed by atoms with E-state index in [2.05, 4.69) is 14.7 Å². The number of thiophene rings is 1. The lowest BCUT2D eigenvalue weighted by molar-refractivity contribution is -0.274. The van der Waals surface area contributed by atoms with Gasteiger partial charge in [0.15, 0.2) is 0 Å². The standard InChI is InChI=1S/C16H11F3N2O4S/c1-7-11-13(22)20-10(21-14(11)26-12(7)15(23)24)6-8-2-4-9(5-3-8)25-16(17,18)19/h2-5H,6H2,1H3,(H,23,24)(H,20,21,22). The van der Waals surface area contributed by atoms with E-state index >= 15 is 0 Å². The van der Waals surface area contributed by atoms with Gasteiger partial charge in [-0.3, -0.25) is 4.79 Å². The molecule has 0 atom stereocenters. The zero-order valence-electron chi connectivity index (χ0n) is 13.2. The van der Waals surface area contributed by atoms with E-state index < -0.39 is 17.9 Å². The van der Waals surface area contributed by atoms with Crippen LogP contribution in [-0.2, 0) is 6.42 Å². The van der Waals surface area contributed by atoms with Crippen LogP contribution in [0.5, 0.6) is 5.75 Å². The second-order valence-electron chi connectivity index (χ2n) is 5.42. The first-order chi connectivity index (χ1) is 12.1. The number of halogens is 3. The fourth-order valence-electron chi connectivity index (χ4n) is 2.48. The van der Waals surface area contributed by atoms with Gasteiger partial charge in [0.2, 0.25) is 0 Å². The highest BCUT2D eigenvalue weighted by Gasteiger charge is 2.31. The number of aromatic nitrogens is 2. The maximum Gasteiger partial charge on any atom is 0.573 e. The fourth-order valence-corrected chi connectivity index (χ4v) is 3.52. The Kier molecular flexibility index (Phi) is 4.45. The molecule has 6 nitrogen and oxygen atoms in total. The smallest absolute Gasteiger partial charge is 0.477 e.